The number of hydrogen-bond acceptors (Lipinski definition) is 3. The smallest absolute Gasteiger partial charge is 0.220 e. The lowest BCUT2D eigenvalue weighted by Gasteiger charge is -2.10. The summed E-state index contributed by atoms with van der Waals surface area (Å²) in [5, 5.41) is 12.7. The number of nitrogens with zero attached hydrogens (tertiary/aromatic N) is 2. The molecule has 0 radical (unpaired) electrons. The third-order valence-corrected chi connectivity index (χ3v) is 4.13. The molecule has 3 aromatic rings. The maximum absolute atomic E-state index is 11.5. The van der Waals surface area contributed by atoms with Crippen molar-refractivity contribution in [2.75, 3.05) is 7.05 Å². The van der Waals surface area contributed by atoms with Crippen LogP contribution in [-0.4, -0.2) is 22.9 Å². The van der Waals surface area contributed by atoms with E-state index in [1.54, 1.807) is 19.3 Å². The fourth-order valence-corrected chi connectivity index (χ4v) is 2.81. The minimum absolute atomic E-state index is 0.0178. The Kier molecular flexibility index (Phi) is 4.30. The summed E-state index contributed by atoms with van der Waals surface area (Å²) in [7, 11) is 1.64. The number of benzene rings is 1. The van der Waals surface area contributed by atoms with Crippen LogP contribution in [0.2, 0.25) is 0 Å². The second kappa shape index (κ2) is 6.55. The van der Waals surface area contributed by atoms with Gasteiger partial charge in [0.25, 0.3) is 0 Å². The van der Waals surface area contributed by atoms with Gasteiger partial charge in [0, 0.05) is 30.6 Å². The number of aryl methyl sites for hydroxylation is 2. The largest absolute Gasteiger partial charge is 0.359 e. The van der Waals surface area contributed by atoms with Crippen molar-refractivity contribution in [3.63, 3.8) is 0 Å². The molecule has 5 nitrogen and oxygen atoms in total. The monoisotopic (exact) mass is 318 g/mol. The average Bonchev–Trinajstić information content (AvgIpc) is 3.08. The molecule has 5 heteroatoms. The van der Waals surface area contributed by atoms with Gasteiger partial charge in [-0.15, -0.1) is 0 Å². The van der Waals surface area contributed by atoms with Crippen molar-refractivity contribution in [2.24, 2.45) is 0 Å². The molecular formula is C19H18N4O. The molecule has 0 aliphatic rings. The highest BCUT2D eigenvalue weighted by Crippen LogP contribution is 2.27. The normalized spacial score (nSPS) is 10.5. The summed E-state index contributed by atoms with van der Waals surface area (Å²) < 4.78 is 0. The van der Waals surface area contributed by atoms with Gasteiger partial charge in [0.1, 0.15) is 11.8 Å². The molecular weight excluding hydrogens is 300 g/mol. The first-order chi connectivity index (χ1) is 11.6. The number of carbonyl (C=O) groups is 1. The van der Waals surface area contributed by atoms with Gasteiger partial charge < -0.3 is 10.3 Å². The van der Waals surface area contributed by atoms with Gasteiger partial charge in [0.2, 0.25) is 5.91 Å². The number of pyridine rings is 1. The van der Waals surface area contributed by atoms with Crippen LogP contribution in [0.3, 0.4) is 0 Å². The highest BCUT2D eigenvalue weighted by atomic mass is 16.1. The van der Waals surface area contributed by atoms with Crippen LogP contribution in [-0.2, 0) is 11.2 Å². The number of amides is 1. The number of fused-ring (bicyclic) bond motifs is 1. The summed E-state index contributed by atoms with van der Waals surface area (Å²) in [5.41, 5.74) is 5.31. The van der Waals surface area contributed by atoms with Crippen molar-refractivity contribution in [3.05, 3.63) is 53.3 Å². The quantitative estimate of drug-likeness (QED) is 0.775. The first-order valence-electron chi connectivity index (χ1n) is 7.81. The Morgan fingerprint density at radius 2 is 2.21 bits per heavy atom. The van der Waals surface area contributed by atoms with E-state index in [0.717, 1.165) is 33.3 Å². The Morgan fingerprint density at radius 1 is 1.38 bits per heavy atom. The topological polar surface area (TPSA) is 81.6 Å². The Hall–Kier alpha value is -3.13. The van der Waals surface area contributed by atoms with Gasteiger partial charge in [-0.3, -0.25) is 4.79 Å². The van der Waals surface area contributed by atoms with Crippen molar-refractivity contribution in [3.8, 4) is 17.3 Å². The van der Waals surface area contributed by atoms with Crippen LogP contribution >= 0.6 is 0 Å². The first kappa shape index (κ1) is 15.8. The lowest BCUT2D eigenvalue weighted by Crippen LogP contribution is -2.18. The van der Waals surface area contributed by atoms with Crippen molar-refractivity contribution in [1.29, 1.82) is 5.26 Å². The van der Waals surface area contributed by atoms with Crippen molar-refractivity contribution < 1.29 is 4.79 Å². The standard InChI is InChI=1S/C19H18N4O/c1-12-8-17(14-9-15(10-20)22-11-14)23-19-13(4-3-5-16(12)19)6-7-18(24)21-2/h3-5,8-9,11,22H,6-7H2,1-2H3,(H,21,24). The van der Waals surface area contributed by atoms with E-state index in [1.807, 2.05) is 31.2 Å². The molecule has 0 spiro atoms. The Morgan fingerprint density at radius 3 is 2.92 bits per heavy atom. The van der Waals surface area contributed by atoms with E-state index in [1.165, 1.54) is 0 Å². The molecule has 0 aliphatic carbocycles. The second-order valence-electron chi connectivity index (χ2n) is 5.72. The van der Waals surface area contributed by atoms with Gasteiger partial charge in [-0.25, -0.2) is 4.98 Å². The zero-order valence-electron chi connectivity index (χ0n) is 13.7. The Balaban J connectivity index is 2.07. The van der Waals surface area contributed by atoms with E-state index in [0.29, 0.717) is 18.5 Å². The predicted octanol–water partition coefficient (Wildman–Crippen LogP) is 3.09. The van der Waals surface area contributed by atoms with Gasteiger partial charge in [-0.2, -0.15) is 5.26 Å². The minimum atomic E-state index is 0.0178. The second-order valence-corrected chi connectivity index (χ2v) is 5.72. The Labute approximate surface area is 140 Å². The molecule has 24 heavy (non-hydrogen) atoms. The van der Waals surface area contributed by atoms with E-state index in [9.17, 15) is 4.79 Å². The molecule has 2 aromatic heterocycles. The molecule has 120 valence electrons. The SMILES string of the molecule is CNC(=O)CCc1cccc2c(C)cc(-c3c[nH]c(C#N)c3)nc12. The number of rotatable bonds is 4. The molecule has 1 aromatic carbocycles. The zero-order chi connectivity index (χ0) is 17.1. The predicted molar refractivity (Wildman–Crippen MR) is 93.4 cm³/mol. The summed E-state index contributed by atoms with van der Waals surface area (Å²) >= 11 is 0. The van der Waals surface area contributed by atoms with Gasteiger partial charge in [-0.1, -0.05) is 18.2 Å². The number of hydrogen-bond donors (Lipinski definition) is 2. The lowest BCUT2D eigenvalue weighted by molar-refractivity contribution is -0.120. The van der Waals surface area contributed by atoms with Gasteiger partial charge in [-0.05, 0) is 36.6 Å². The van der Waals surface area contributed by atoms with E-state index in [4.69, 9.17) is 10.2 Å². The number of carbonyl (C=O) groups excluding carboxylic acids is 1. The van der Waals surface area contributed by atoms with Gasteiger partial charge in [0.05, 0.1) is 11.2 Å². The Bertz CT molecular complexity index is 950. The van der Waals surface area contributed by atoms with E-state index >= 15 is 0 Å². The number of aromatic amines is 1. The summed E-state index contributed by atoms with van der Waals surface area (Å²) in [6, 6.07) is 12.0. The van der Waals surface area contributed by atoms with Gasteiger partial charge in [0.15, 0.2) is 0 Å². The molecule has 0 saturated carbocycles. The summed E-state index contributed by atoms with van der Waals surface area (Å²) in [6.45, 7) is 2.05. The number of nitrogens with one attached hydrogen (secondary N) is 2. The average molecular weight is 318 g/mol. The van der Waals surface area contributed by atoms with Crippen LogP contribution < -0.4 is 5.32 Å². The van der Waals surface area contributed by atoms with E-state index in [-0.39, 0.29) is 5.91 Å². The molecule has 0 bridgehead atoms. The third-order valence-electron chi connectivity index (χ3n) is 4.13. The third kappa shape index (κ3) is 2.99. The maximum atomic E-state index is 11.5. The highest BCUT2D eigenvalue weighted by Gasteiger charge is 2.11. The fraction of sp³-hybridized carbons (Fsp3) is 0.211. The van der Waals surface area contributed by atoms with Crippen LogP contribution in [0.1, 0.15) is 23.2 Å². The molecule has 3 rings (SSSR count). The van der Waals surface area contributed by atoms with Crippen LogP contribution in [0.25, 0.3) is 22.2 Å². The number of aromatic nitrogens is 2. The van der Waals surface area contributed by atoms with Crippen LogP contribution in [0, 0.1) is 18.3 Å². The fourth-order valence-electron chi connectivity index (χ4n) is 2.81. The lowest BCUT2D eigenvalue weighted by atomic mass is 10.0. The molecule has 0 fully saturated rings. The van der Waals surface area contributed by atoms with Crippen molar-refractivity contribution >= 4 is 16.8 Å². The molecule has 1 amide bonds. The zero-order valence-corrected chi connectivity index (χ0v) is 13.7. The number of para-hydroxylation sites is 1. The van der Waals surface area contributed by atoms with Gasteiger partial charge >= 0.3 is 0 Å². The summed E-state index contributed by atoms with van der Waals surface area (Å²) in [5.74, 6) is 0.0178. The highest BCUT2D eigenvalue weighted by molar-refractivity contribution is 5.88. The summed E-state index contributed by atoms with van der Waals surface area (Å²) in [6.07, 6.45) is 2.87. The molecule has 2 N–H and O–H groups in total. The molecule has 0 unspecified atom stereocenters. The molecule has 0 saturated heterocycles. The van der Waals surface area contributed by atoms with E-state index in [2.05, 4.69) is 16.4 Å². The van der Waals surface area contributed by atoms with Crippen LogP contribution in [0.5, 0.6) is 0 Å². The van der Waals surface area contributed by atoms with Crippen LogP contribution in [0.15, 0.2) is 36.5 Å². The maximum Gasteiger partial charge on any atom is 0.220 e. The van der Waals surface area contributed by atoms with Crippen molar-refractivity contribution in [2.45, 2.75) is 19.8 Å². The van der Waals surface area contributed by atoms with Crippen molar-refractivity contribution in [1.82, 2.24) is 15.3 Å². The molecule has 0 aliphatic heterocycles. The summed E-state index contributed by atoms with van der Waals surface area (Å²) in [4.78, 5) is 19.3. The van der Waals surface area contributed by atoms with E-state index < -0.39 is 0 Å². The molecule has 2 heterocycles. The minimum Gasteiger partial charge on any atom is -0.359 e. The first-order valence-corrected chi connectivity index (χ1v) is 7.81. The number of nitriles is 1. The number of H-pyrrole nitrogens is 1. The van der Waals surface area contributed by atoms with Crippen LogP contribution in [0.4, 0.5) is 0 Å². The molecule has 0 atom stereocenters.